The molecule has 7 heteroatoms. The zero-order valence-corrected chi connectivity index (χ0v) is 16.4. The van der Waals surface area contributed by atoms with Gasteiger partial charge in [-0.05, 0) is 76.0 Å². The van der Waals surface area contributed by atoms with E-state index in [0.717, 1.165) is 22.5 Å². The van der Waals surface area contributed by atoms with Crippen LogP contribution in [0.3, 0.4) is 0 Å². The molecule has 26 heavy (non-hydrogen) atoms. The van der Waals surface area contributed by atoms with Gasteiger partial charge in [-0.15, -0.1) is 0 Å². The van der Waals surface area contributed by atoms with Gasteiger partial charge in [0.15, 0.2) is 5.11 Å². The van der Waals surface area contributed by atoms with E-state index in [1.807, 2.05) is 19.1 Å². The van der Waals surface area contributed by atoms with Gasteiger partial charge in [0, 0.05) is 16.1 Å². The van der Waals surface area contributed by atoms with Crippen LogP contribution in [0.1, 0.15) is 28.4 Å². The summed E-state index contributed by atoms with van der Waals surface area (Å²) in [5.41, 5.74) is 2.97. The zero-order valence-electron chi connectivity index (χ0n) is 14.0. The van der Waals surface area contributed by atoms with Crippen molar-refractivity contribution in [1.82, 2.24) is 5.32 Å². The van der Waals surface area contributed by atoms with E-state index in [4.69, 9.17) is 17.3 Å². The maximum absolute atomic E-state index is 12.2. The van der Waals surface area contributed by atoms with Crippen LogP contribution < -0.4 is 10.6 Å². The zero-order chi connectivity index (χ0) is 19.1. The molecule has 2 aromatic carbocycles. The predicted octanol–water partition coefficient (Wildman–Crippen LogP) is 4.24. The van der Waals surface area contributed by atoms with Crippen molar-refractivity contribution in [2.24, 2.45) is 0 Å². The van der Waals surface area contributed by atoms with Crippen molar-refractivity contribution in [2.75, 3.05) is 5.32 Å². The molecule has 0 unspecified atom stereocenters. The smallest absolute Gasteiger partial charge is 0.328 e. The van der Waals surface area contributed by atoms with Crippen LogP contribution in [0.4, 0.5) is 5.69 Å². The summed E-state index contributed by atoms with van der Waals surface area (Å²) in [6.07, 6.45) is 3.42. The molecule has 2 aromatic rings. The highest BCUT2D eigenvalue weighted by atomic mass is 79.9. The predicted molar refractivity (Wildman–Crippen MR) is 110 cm³/mol. The minimum atomic E-state index is -1.03. The lowest BCUT2D eigenvalue weighted by molar-refractivity contribution is -0.131. The van der Waals surface area contributed by atoms with Gasteiger partial charge in [0.25, 0.3) is 5.91 Å². The second-order valence-electron chi connectivity index (χ2n) is 5.37. The van der Waals surface area contributed by atoms with Crippen LogP contribution in [0.15, 0.2) is 53.0 Å². The van der Waals surface area contributed by atoms with Gasteiger partial charge in [-0.3, -0.25) is 10.1 Å². The summed E-state index contributed by atoms with van der Waals surface area (Å²) in [5, 5.41) is 14.4. The van der Waals surface area contributed by atoms with Gasteiger partial charge in [0.2, 0.25) is 0 Å². The van der Waals surface area contributed by atoms with E-state index in [-0.39, 0.29) is 11.0 Å². The van der Waals surface area contributed by atoms with Gasteiger partial charge in [-0.2, -0.15) is 0 Å². The van der Waals surface area contributed by atoms with Crippen molar-refractivity contribution in [2.45, 2.75) is 13.3 Å². The Morgan fingerprint density at radius 2 is 1.88 bits per heavy atom. The molecule has 2 rings (SSSR count). The molecule has 0 radical (unpaired) electrons. The van der Waals surface area contributed by atoms with Gasteiger partial charge in [-0.1, -0.05) is 25.1 Å². The quantitative estimate of drug-likeness (QED) is 0.486. The van der Waals surface area contributed by atoms with E-state index >= 15 is 0 Å². The molecule has 0 fully saturated rings. The first-order valence-electron chi connectivity index (χ1n) is 7.81. The normalized spacial score (nSPS) is 10.5. The van der Waals surface area contributed by atoms with Crippen LogP contribution in [0.5, 0.6) is 0 Å². The van der Waals surface area contributed by atoms with Crippen molar-refractivity contribution in [3.63, 3.8) is 0 Å². The average molecular weight is 433 g/mol. The third kappa shape index (κ3) is 5.79. The summed E-state index contributed by atoms with van der Waals surface area (Å²) >= 11 is 8.58. The fraction of sp³-hybridized carbons (Fsp3) is 0.105. The lowest BCUT2D eigenvalue weighted by Gasteiger charge is -2.12. The number of hydrogen-bond donors (Lipinski definition) is 3. The molecule has 0 atom stereocenters. The van der Waals surface area contributed by atoms with E-state index in [1.54, 1.807) is 30.3 Å². The van der Waals surface area contributed by atoms with E-state index < -0.39 is 5.97 Å². The topological polar surface area (TPSA) is 78.4 Å². The van der Waals surface area contributed by atoms with E-state index in [2.05, 4.69) is 26.6 Å². The first-order valence-corrected chi connectivity index (χ1v) is 9.01. The minimum Gasteiger partial charge on any atom is -0.478 e. The van der Waals surface area contributed by atoms with Crippen molar-refractivity contribution in [1.29, 1.82) is 0 Å². The Hall–Kier alpha value is -2.51. The number of thiocarbonyl (C=S) groups is 1. The number of aliphatic carboxylic acids is 1. The average Bonchev–Trinajstić information content (AvgIpc) is 2.62. The van der Waals surface area contributed by atoms with Crippen LogP contribution in [-0.2, 0) is 11.2 Å². The van der Waals surface area contributed by atoms with Crippen molar-refractivity contribution >= 4 is 56.9 Å². The number of carbonyl (C=O) groups excluding carboxylic acids is 1. The number of benzene rings is 2. The molecule has 0 bridgehead atoms. The Labute approximate surface area is 165 Å². The highest BCUT2D eigenvalue weighted by Crippen LogP contribution is 2.24. The second-order valence-corrected chi connectivity index (χ2v) is 6.63. The summed E-state index contributed by atoms with van der Waals surface area (Å²) in [7, 11) is 0. The molecule has 1 amide bonds. The van der Waals surface area contributed by atoms with Crippen LogP contribution in [0, 0.1) is 0 Å². The lowest BCUT2D eigenvalue weighted by Crippen LogP contribution is -2.34. The Kier molecular flexibility index (Phi) is 7.06. The van der Waals surface area contributed by atoms with Gasteiger partial charge in [-0.25, -0.2) is 4.79 Å². The molecular formula is C19H17BrN2O3S. The number of hydrogen-bond acceptors (Lipinski definition) is 3. The van der Waals surface area contributed by atoms with E-state index in [0.29, 0.717) is 16.8 Å². The highest BCUT2D eigenvalue weighted by Gasteiger charge is 2.09. The summed E-state index contributed by atoms with van der Waals surface area (Å²) in [6.45, 7) is 2.05. The molecule has 0 aromatic heterocycles. The van der Waals surface area contributed by atoms with Gasteiger partial charge in [0.05, 0.1) is 5.69 Å². The Bertz CT molecular complexity index is 864. The molecule has 0 aliphatic carbocycles. The van der Waals surface area contributed by atoms with Gasteiger partial charge < -0.3 is 10.4 Å². The third-order valence-electron chi connectivity index (χ3n) is 3.51. The number of amides is 1. The molecule has 0 saturated heterocycles. The molecule has 0 saturated carbocycles. The van der Waals surface area contributed by atoms with E-state index in [9.17, 15) is 9.59 Å². The Morgan fingerprint density at radius 1 is 1.19 bits per heavy atom. The van der Waals surface area contributed by atoms with Crippen LogP contribution in [0.2, 0.25) is 0 Å². The van der Waals surface area contributed by atoms with Crippen LogP contribution >= 0.6 is 28.1 Å². The van der Waals surface area contributed by atoms with Crippen molar-refractivity contribution < 1.29 is 14.7 Å². The van der Waals surface area contributed by atoms with E-state index in [1.165, 1.54) is 6.08 Å². The number of carboxylic acids is 1. The summed E-state index contributed by atoms with van der Waals surface area (Å²) in [6, 6.07) is 12.6. The monoisotopic (exact) mass is 432 g/mol. The number of carboxylic acid groups (broad SMARTS) is 1. The number of rotatable bonds is 5. The minimum absolute atomic E-state index is 0.148. The second kappa shape index (κ2) is 9.26. The van der Waals surface area contributed by atoms with Gasteiger partial charge in [0.1, 0.15) is 0 Å². The molecule has 0 aliphatic rings. The largest absolute Gasteiger partial charge is 0.478 e. The molecule has 0 heterocycles. The molecule has 5 nitrogen and oxygen atoms in total. The fourth-order valence-electron chi connectivity index (χ4n) is 2.13. The maximum atomic E-state index is 12.2. The fourth-order valence-corrected chi connectivity index (χ4v) is 2.68. The van der Waals surface area contributed by atoms with Crippen molar-refractivity contribution in [3.8, 4) is 0 Å². The lowest BCUT2D eigenvalue weighted by atomic mass is 10.1. The summed E-state index contributed by atoms with van der Waals surface area (Å²) in [5.74, 6) is -1.33. The number of nitrogens with one attached hydrogen (secondary N) is 2. The Balaban J connectivity index is 2.05. The summed E-state index contributed by atoms with van der Waals surface area (Å²) in [4.78, 5) is 22.9. The Morgan fingerprint density at radius 3 is 2.50 bits per heavy atom. The maximum Gasteiger partial charge on any atom is 0.328 e. The third-order valence-corrected chi connectivity index (χ3v) is 4.40. The first kappa shape index (κ1) is 19.8. The number of aryl methyl sites for hydroxylation is 1. The van der Waals surface area contributed by atoms with Crippen molar-refractivity contribution in [3.05, 3.63) is 69.7 Å². The van der Waals surface area contributed by atoms with Crippen LogP contribution in [0.25, 0.3) is 6.08 Å². The molecular weight excluding hydrogens is 416 g/mol. The number of carbonyl (C=O) groups is 2. The summed E-state index contributed by atoms with van der Waals surface area (Å²) < 4.78 is 0.730. The molecule has 0 aliphatic heterocycles. The number of halogens is 1. The SMILES string of the molecule is CCc1ccc(C(=O)NC(=S)Nc2cc(/C=C/C(=O)O)ccc2Br)cc1. The molecule has 0 spiro atoms. The van der Waals surface area contributed by atoms with Crippen LogP contribution in [-0.4, -0.2) is 22.1 Å². The first-order chi connectivity index (χ1) is 12.4. The standard InChI is InChI=1S/C19H17BrN2O3S/c1-2-12-3-7-14(8-4-12)18(25)22-19(26)21-16-11-13(5-9-15(16)20)6-10-17(23)24/h3-11H,2H2,1H3,(H,23,24)(H2,21,22,25,26)/b10-6+. The molecule has 134 valence electrons. The molecule has 3 N–H and O–H groups in total. The highest BCUT2D eigenvalue weighted by molar-refractivity contribution is 9.10. The van der Waals surface area contributed by atoms with Gasteiger partial charge >= 0.3 is 5.97 Å². The number of anilines is 1.